The summed E-state index contributed by atoms with van der Waals surface area (Å²) in [4.78, 5) is 16.7. The smallest absolute Gasteiger partial charge is 0.254 e. The summed E-state index contributed by atoms with van der Waals surface area (Å²) in [6.07, 6.45) is 2.82. The number of amides is 1. The molecule has 2 heterocycles. The normalized spacial score (nSPS) is 24.3. The van der Waals surface area contributed by atoms with E-state index in [1.807, 2.05) is 24.1 Å². The minimum Gasteiger partial charge on any atom is -0.380 e. The van der Waals surface area contributed by atoms with E-state index in [9.17, 15) is 14.3 Å². The van der Waals surface area contributed by atoms with Gasteiger partial charge in [-0.15, -0.1) is 0 Å². The van der Waals surface area contributed by atoms with E-state index >= 15 is 0 Å². The Bertz CT molecular complexity index is 611. The highest BCUT2D eigenvalue weighted by Gasteiger charge is 2.42. The van der Waals surface area contributed by atoms with E-state index in [1.165, 1.54) is 6.07 Å². The lowest BCUT2D eigenvalue weighted by atomic mass is 9.90. The molecule has 5 heteroatoms. The molecule has 4 nitrogen and oxygen atoms in total. The van der Waals surface area contributed by atoms with Crippen LogP contribution in [0.3, 0.4) is 0 Å². The summed E-state index contributed by atoms with van der Waals surface area (Å²) in [5.74, 6) is 0.105. The number of aryl methyl sites for hydroxylation is 1. The Morgan fingerprint density at radius 2 is 2.04 bits per heavy atom. The maximum atomic E-state index is 13.4. The summed E-state index contributed by atoms with van der Waals surface area (Å²) < 4.78 is 13.4. The van der Waals surface area contributed by atoms with Gasteiger partial charge in [0.25, 0.3) is 5.91 Å². The van der Waals surface area contributed by atoms with Crippen molar-refractivity contribution in [2.24, 2.45) is 5.92 Å². The Labute approximate surface area is 143 Å². The van der Waals surface area contributed by atoms with Crippen LogP contribution in [0.15, 0.2) is 18.2 Å². The van der Waals surface area contributed by atoms with Crippen molar-refractivity contribution in [1.82, 2.24) is 9.80 Å². The number of rotatable bonds is 3. The van der Waals surface area contributed by atoms with E-state index in [1.54, 1.807) is 6.92 Å². The summed E-state index contributed by atoms with van der Waals surface area (Å²) in [5, 5.41) is 10.7. The number of nitrogens with zero attached hydrogens (tertiary/aromatic N) is 2. The van der Waals surface area contributed by atoms with Gasteiger partial charge in [-0.05, 0) is 62.8 Å². The van der Waals surface area contributed by atoms with Crippen molar-refractivity contribution in [3.05, 3.63) is 35.1 Å². The summed E-state index contributed by atoms with van der Waals surface area (Å²) in [5.41, 5.74) is 0.596. The molecule has 0 saturated carbocycles. The zero-order chi connectivity index (χ0) is 17.3. The van der Waals surface area contributed by atoms with Gasteiger partial charge in [0, 0.05) is 26.2 Å². The second-order valence-corrected chi connectivity index (χ2v) is 7.53. The van der Waals surface area contributed by atoms with Gasteiger partial charge in [-0.2, -0.15) is 0 Å². The largest absolute Gasteiger partial charge is 0.380 e. The third-order valence-corrected chi connectivity index (χ3v) is 5.53. The minimum atomic E-state index is -1.19. The van der Waals surface area contributed by atoms with Crippen molar-refractivity contribution in [3.63, 3.8) is 0 Å². The third kappa shape index (κ3) is 3.62. The first-order chi connectivity index (χ1) is 11.4. The van der Waals surface area contributed by atoms with Gasteiger partial charge in [-0.3, -0.25) is 4.79 Å². The van der Waals surface area contributed by atoms with E-state index in [2.05, 4.69) is 4.90 Å². The fraction of sp³-hybridized carbons (Fsp3) is 0.632. The van der Waals surface area contributed by atoms with Crippen LogP contribution < -0.4 is 0 Å². The first-order valence-corrected chi connectivity index (χ1v) is 8.83. The summed E-state index contributed by atoms with van der Waals surface area (Å²) in [6, 6.07) is 5.24. The molecule has 132 valence electrons. The molecular weight excluding hydrogens is 307 g/mol. The number of piperidine rings is 1. The number of hydrogen-bond donors (Lipinski definition) is 1. The van der Waals surface area contributed by atoms with Crippen LogP contribution in [0.4, 0.5) is 4.39 Å². The lowest BCUT2D eigenvalue weighted by Gasteiger charge is -2.37. The van der Waals surface area contributed by atoms with E-state index in [0.717, 1.165) is 31.5 Å². The van der Waals surface area contributed by atoms with Crippen LogP contribution in [0.25, 0.3) is 0 Å². The molecule has 1 atom stereocenters. The molecule has 2 fully saturated rings. The zero-order valence-corrected chi connectivity index (χ0v) is 14.6. The maximum Gasteiger partial charge on any atom is 0.254 e. The maximum absolute atomic E-state index is 13.4. The summed E-state index contributed by atoms with van der Waals surface area (Å²) in [7, 11) is 2.01. The highest BCUT2D eigenvalue weighted by Crippen LogP contribution is 2.28. The second kappa shape index (κ2) is 6.81. The summed E-state index contributed by atoms with van der Waals surface area (Å²) in [6.45, 7) is 4.69. The number of hydrogen-bond acceptors (Lipinski definition) is 3. The lowest BCUT2D eigenvalue weighted by Crippen LogP contribution is -2.53. The van der Waals surface area contributed by atoms with Crippen LogP contribution in [-0.2, 0) is 11.2 Å². The van der Waals surface area contributed by atoms with Crippen molar-refractivity contribution in [3.8, 4) is 0 Å². The Hall–Kier alpha value is -1.46. The molecule has 0 aliphatic carbocycles. The van der Waals surface area contributed by atoms with Gasteiger partial charge in [0.2, 0.25) is 0 Å². The molecule has 24 heavy (non-hydrogen) atoms. The van der Waals surface area contributed by atoms with E-state index in [0.29, 0.717) is 37.4 Å². The second-order valence-electron chi connectivity index (χ2n) is 7.53. The predicted octanol–water partition coefficient (Wildman–Crippen LogP) is 1.98. The van der Waals surface area contributed by atoms with Crippen molar-refractivity contribution >= 4 is 5.91 Å². The Kier molecular flexibility index (Phi) is 4.92. The van der Waals surface area contributed by atoms with Crippen LogP contribution in [-0.4, -0.2) is 59.6 Å². The van der Waals surface area contributed by atoms with Gasteiger partial charge in [0.15, 0.2) is 0 Å². The minimum absolute atomic E-state index is 0.103. The Morgan fingerprint density at radius 3 is 2.71 bits per heavy atom. The lowest BCUT2D eigenvalue weighted by molar-refractivity contribution is -0.155. The standard InChI is InChI=1S/C19H27FN2O2/c1-14-11-15(3-4-17(14)20)12-16-5-8-22(13-16)18(23)19(24)6-9-21(2)10-7-19/h3-4,11,16,24H,5-10,12-13H2,1-2H3. The van der Waals surface area contributed by atoms with Crippen LogP contribution in [0.2, 0.25) is 0 Å². The number of halogens is 1. The average molecular weight is 334 g/mol. The van der Waals surface area contributed by atoms with Gasteiger partial charge in [0.05, 0.1) is 0 Å². The number of carbonyl (C=O) groups excluding carboxylic acids is 1. The highest BCUT2D eigenvalue weighted by atomic mass is 19.1. The van der Waals surface area contributed by atoms with Crippen LogP contribution in [0.5, 0.6) is 0 Å². The van der Waals surface area contributed by atoms with Crippen LogP contribution in [0.1, 0.15) is 30.4 Å². The molecule has 1 aromatic rings. The highest BCUT2D eigenvalue weighted by molar-refractivity contribution is 5.85. The number of benzene rings is 1. The average Bonchev–Trinajstić information content (AvgIpc) is 3.01. The van der Waals surface area contributed by atoms with Gasteiger partial charge >= 0.3 is 0 Å². The molecule has 0 bridgehead atoms. The van der Waals surface area contributed by atoms with Gasteiger partial charge in [-0.25, -0.2) is 4.39 Å². The number of likely N-dealkylation sites (tertiary alicyclic amines) is 2. The fourth-order valence-electron chi connectivity index (χ4n) is 3.85. The topological polar surface area (TPSA) is 43.8 Å². The van der Waals surface area contributed by atoms with Crippen LogP contribution >= 0.6 is 0 Å². The molecular formula is C19H27FN2O2. The van der Waals surface area contributed by atoms with Crippen molar-refractivity contribution in [1.29, 1.82) is 0 Å². The zero-order valence-electron chi connectivity index (χ0n) is 14.6. The monoisotopic (exact) mass is 334 g/mol. The molecule has 0 spiro atoms. The first-order valence-electron chi connectivity index (χ1n) is 8.83. The van der Waals surface area contributed by atoms with E-state index in [4.69, 9.17) is 0 Å². The third-order valence-electron chi connectivity index (χ3n) is 5.53. The van der Waals surface area contributed by atoms with E-state index in [-0.39, 0.29) is 11.7 Å². The van der Waals surface area contributed by atoms with Gasteiger partial charge in [0.1, 0.15) is 11.4 Å². The van der Waals surface area contributed by atoms with Crippen LogP contribution in [0, 0.1) is 18.7 Å². The van der Waals surface area contributed by atoms with Crippen molar-refractivity contribution in [2.45, 2.75) is 38.2 Å². The van der Waals surface area contributed by atoms with Crippen molar-refractivity contribution < 1.29 is 14.3 Å². The SMILES string of the molecule is Cc1cc(CC2CCN(C(=O)C3(O)CCN(C)CC3)C2)ccc1F. The molecule has 0 radical (unpaired) electrons. The van der Waals surface area contributed by atoms with Crippen molar-refractivity contribution in [2.75, 3.05) is 33.2 Å². The molecule has 1 aromatic carbocycles. The molecule has 1 N–H and O–H groups in total. The molecule has 2 aliphatic heterocycles. The number of aliphatic hydroxyl groups is 1. The van der Waals surface area contributed by atoms with Gasteiger partial charge in [-0.1, -0.05) is 12.1 Å². The molecule has 0 aromatic heterocycles. The molecule has 2 aliphatic rings. The molecule has 3 rings (SSSR count). The summed E-state index contributed by atoms with van der Waals surface area (Å²) >= 11 is 0. The number of carbonyl (C=O) groups is 1. The Morgan fingerprint density at radius 1 is 1.33 bits per heavy atom. The fourth-order valence-corrected chi connectivity index (χ4v) is 3.85. The molecule has 1 unspecified atom stereocenters. The van der Waals surface area contributed by atoms with E-state index < -0.39 is 5.60 Å². The molecule has 2 saturated heterocycles. The molecule has 1 amide bonds. The van der Waals surface area contributed by atoms with Gasteiger partial charge < -0.3 is 14.9 Å². The predicted molar refractivity (Wildman–Crippen MR) is 91.2 cm³/mol. The Balaban J connectivity index is 1.58. The quantitative estimate of drug-likeness (QED) is 0.919. The first kappa shape index (κ1) is 17.4.